The van der Waals surface area contributed by atoms with Crippen LogP contribution in [0.3, 0.4) is 0 Å². The zero-order chi connectivity index (χ0) is 21.9. The number of benzene rings is 2. The van der Waals surface area contributed by atoms with Crippen LogP contribution in [0, 0.1) is 12.7 Å². The molecule has 5 nitrogen and oxygen atoms in total. The molecule has 1 atom stereocenters. The van der Waals surface area contributed by atoms with Crippen molar-refractivity contribution in [2.75, 3.05) is 29.4 Å². The molecule has 0 aliphatic carbocycles. The molecule has 4 heterocycles. The molecular weight excluding hydrogens is 403 g/mol. The Bertz CT molecular complexity index is 1350. The Kier molecular flexibility index (Phi) is 4.12. The maximum Gasteiger partial charge on any atom is 0.274 e. The highest BCUT2D eigenvalue weighted by atomic mass is 19.1. The highest BCUT2D eigenvalue weighted by Gasteiger charge is 2.49. The van der Waals surface area contributed by atoms with E-state index < -0.39 is 0 Å². The van der Waals surface area contributed by atoms with Crippen LogP contribution in [0.15, 0.2) is 66.9 Å². The number of anilines is 2. The third kappa shape index (κ3) is 2.90. The molecule has 2 aromatic heterocycles. The molecule has 1 N–H and O–H groups in total. The second kappa shape index (κ2) is 6.92. The van der Waals surface area contributed by atoms with E-state index in [4.69, 9.17) is 0 Å². The van der Waals surface area contributed by atoms with Crippen LogP contribution in [0.4, 0.5) is 15.8 Å². The van der Waals surface area contributed by atoms with E-state index >= 15 is 0 Å². The van der Waals surface area contributed by atoms with Crippen LogP contribution in [-0.2, 0) is 5.41 Å². The van der Waals surface area contributed by atoms with Gasteiger partial charge in [-0.15, -0.1) is 0 Å². The van der Waals surface area contributed by atoms with E-state index in [9.17, 15) is 9.18 Å². The molecule has 1 amide bonds. The monoisotopic (exact) mass is 426 g/mol. The Morgan fingerprint density at radius 3 is 2.81 bits per heavy atom. The van der Waals surface area contributed by atoms with E-state index in [1.165, 1.54) is 17.7 Å². The first kappa shape index (κ1) is 19.0. The van der Waals surface area contributed by atoms with Gasteiger partial charge in [0.05, 0.1) is 11.9 Å². The van der Waals surface area contributed by atoms with E-state index in [1.54, 1.807) is 12.1 Å². The highest BCUT2D eigenvalue weighted by Crippen LogP contribution is 2.47. The molecule has 0 unspecified atom stereocenters. The lowest BCUT2D eigenvalue weighted by atomic mass is 9.81. The van der Waals surface area contributed by atoms with Crippen LogP contribution in [-0.4, -0.2) is 35.5 Å². The minimum absolute atomic E-state index is 0.0821. The fraction of sp³-hybridized carbons (Fsp3) is 0.231. The van der Waals surface area contributed by atoms with Gasteiger partial charge in [-0.1, -0.05) is 18.2 Å². The third-order valence-electron chi connectivity index (χ3n) is 6.90. The Balaban J connectivity index is 1.34. The Morgan fingerprint density at radius 2 is 1.97 bits per heavy atom. The minimum Gasteiger partial charge on any atom is -0.369 e. The van der Waals surface area contributed by atoms with Crippen molar-refractivity contribution in [1.82, 2.24) is 9.97 Å². The number of halogens is 1. The average molecular weight is 426 g/mol. The molecule has 1 fully saturated rings. The highest BCUT2D eigenvalue weighted by molar-refractivity contribution is 6.09. The molecule has 2 aliphatic rings. The lowest BCUT2D eigenvalue weighted by molar-refractivity contribution is 0.0981. The summed E-state index contributed by atoms with van der Waals surface area (Å²) in [5.74, 6) is -0.390. The van der Waals surface area contributed by atoms with Crippen LogP contribution in [0.5, 0.6) is 0 Å². The van der Waals surface area contributed by atoms with Crippen molar-refractivity contribution < 1.29 is 9.18 Å². The molecule has 0 saturated carbocycles. The number of hydrogen-bond donors (Lipinski definition) is 1. The number of aryl methyl sites for hydroxylation is 1. The van der Waals surface area contributed by atoms with Crippen LogP contribution >= 0.6 is 0 Å². The first-order valence-electron chi connectivity index (χ1n) is 10.9. The van der Waals surface area contributed by atoms with Gasteiger partial charge in [0.15, 0.2) is 0 Å². The van der Waals surface area contributed by atoms with Gasteiger partial charge >= 0.3 is 0 Å². The summed E-state index contributed by atoms with van der Waals surface area (Å²) in [6, 6.07) is 18.6. The molecule has 4 aromatic rings. The first-order chi connectivity index (χ1) is 15.5. The number of fused-ring (bicyclic) bond motifs is 3. The third-order valence-corrected chi connectivity index (χ3v) is 6.90. The van der Waals surface area contributed by atoms with Crippen molar-refractivity contribution in [2.24, 2.45) is 0 Å². The summed E-state index contributed by atoms with van der Waals surface area (Å²) in [4.78, 5) is 25.4. The summed E-state index contributed by atoms with van der Waals surface area (Å²) in [5, 5.41) is 0.703. The molecule has 2 aromatic carbocycles. The molecule has 0 radical (unpaired) electrons. The maximum atomic E-state index is 13.6. The number of aromatic amines is 1. The average Bonchev–Trinajstić information content (AvgIpc) is 3.50. The van der Waals surface area contributed by atoms with Crippen molar-refractivity contribution in [1.29, 1.82) is 0 Å². The number of hydrogen-bond acceptors (Lipinski definition) is 3. The first-order valence-corrected chi connectivity index (χ1v) is 10.9. The number of amides is 1. The van der Waals surface area contributed by atoms with Crippen molar-refractivity contribution in [3.05, 3.63) is 89.6 Å². The van der Waals surface area contributed by atoms with E-state index in [0.29, 0.717) is 17.6 Å². The largest absolute Gasteiger partial charge is 0.369 e. The fourth-order valence-corrected chi connectivity index (χ4v) is 5.26. The van der Waals surface area contributed by atoms with Gasteiger partial charge in [-0.25, -0.2) is 4.39 Å². The molecule has 160 valence electrons. The SMILES string of the molecule is Cc1ccc(N2CC[C@@]3(C2)CN(C(=O)c2cc4cc(F)ccc4[nH]2)c2ccccc23)cn1. The summed E-state index contributed by atoms with van der Waals surface area (Å²) >= 11 is 0. The molecule has 6 heteroatoms. The summed E-state index contributed by atoms with van der Waals surface area (Å²) < 4.78 is 13.6. The van der Waals surface area contributed by atoms with Gasteiger partial charge in [0, 0.05) is 47.3 Å². The minimum atomic E-state index is -0.308. The number of aromatic nitrogens is 2. The molecule has 1 saturated heterocycles. The van der Waals surface area contributed by atoms with Crippen LogP contribution in [0.1, 0.15) is 28.2 Å². The number of pyridine rings is 1. The number of H-pyrrole nitrogens is 1. The van der Waals surface area contributed by atoms with Crippen molar-refractivity contribution in [3.8, 4) is 0 Å². The predicted molar refractivity (Wildman–Crippen MR) is 124 cm³/mol. The lowest BCUT2D eigenvalue weighted by Crippen LogP contribution is -2.39. The molecule has 2 aliphatic heterocycles. The number of rotatable bonds is 2. The molecule has 6 rings (SSSR count). The lowest BCUT2D eigenvalue weighted by Gasteiger charge is -2.26. The number of nitrogens with one attached hydrogen (secondary N) is 1. The smallest absolute Gasteiger partial charge is 0.274 e. The van der Waals surface area contributed by atoms with Crippen LogP contribution in [0.2, 0.25) is 0 Å². The zero-order valence-corrected chi connectivity index (χ0v) is 17.8. The van der Waals surface area contributed by atoms with E-state index in [2.05, 4.69) is 33.1 Å². The van der Waals surface area contributed by atoms with E-state index in [-0.39, 0.29) is 17.1 Å². The fourth-order valence-electron chi connectivity index (χ4n) is 5.26. The molecule has 0 bridgehead atoms. The van der Waals surface area contributed by atoms with Crippen molar-refractivity contribution in [3.63, 3.8) is 0 Å². The van der Waals surface area contributed by atoms with Crippen LogP contribution < -0.4 is 9.80 Å². The normalized spacial score (nSPS) is 19.8. The number of carbonyl (C=O) groups is 1. The molecule has 32 heavy (non-hydrogen) atoms. The summed E-state index contributed by atoms with van der Waals surface area (Å²) in [7, 11) is 0. The van der Waals surface area contributed by atoms with E-state index in [0.717, 1.165) is 42.1 Å². The molecular formula is C26H23FN4O. The predicted octanol–water partition coefficient (Wildman–Crippen LogP) is 4.82. The zero-order valence-electron chi connectivity index (χ0n) is 17.8. The standard InChI is InChI=1S/C26H23FN4O/c1-17-6-8-20(14-28-17)30-11-10-26(15-30)16-31(24-5-3-2-4-21(24)26)25(32)23-13-18-12-19(27)7-9-22(18)29-23/h2-9,12-14,29H,10-11,15-16H2,1H3/t26-/m1/s1. The Hall–Kier alpha value is -3.67. The van der Waals surface area contributed by atoms with Gasteiger partial charge < -0.3 is 14.8 Å². The van der Waals surface area contributed by atoms with Gasteiger partial charge in [0.25, 0.3) is 5.91 Å². The topological polar surface area (TPSA) is 52.2 Å². The summed E-state index contributed by atoms with van der Waals surface area (Å²) in [5.41, 5.74) is 5.43. The summed E-state index contributed by atoms with van der Waals surface area (Å²) in [6.07, 6.45) is 2.90. The van der Waals surface area contributed by atoms with Gasteiger partial charge in [0.1, 0.15) is 11.5 Å². The summed E-state index contributed by atoms with van der Waals surface area (Å²) in [6.45, 7) is 4.39. The van der Waals surface area contributed by atoms with Crippen molar-refractivity contribution in [2.45, 2.75) is 18.8 Å². The number of para-hydroxylation sites is 1. The molecule has 1 spiro atoms. The number of nitrogens with zero attached hydrogens (tertiary/aromatic N) is 3. The second-order valence-electron chi connectivity index (χ2n) is 8.93. The Labute approximate surface area is 185 Å². The van der Waals surface area contributed by atoms with Crippen molar-refractivity contribution >= 4 is 28.2 Å². The van der Waals surface area contributed by atoms with Gasteiger partial charge in [-0.3, -0.25) is 9.78 Å². The van der Waals surface area contributed by atoms with Crippen LogP contribution in [0.25, 0.3) is 10.9 Å². The quantitative estimate of drug-likeness (QED) is 0.500. The Morgan fingerprint density at radius 1 is 1.09 bits per heavy atom. The van der Waals surface area contributed by atoms with Gasteiger partial charge in [-0.05, 0) is 61.4 Å². The second-order valence-corrected chi connectivity index (χ2v) is 8.93. The maximum absolute atomic E-state index is 13.6. The van der Waals surface area contributed by atoms with Gasteiger partial charge in [0.2, 0.25) is 0 Å². The number of carbonyl (C=O) groups excluding carboxylic acids is 1. The van der Waals surface area contributed by atoms with E-state index in [1.807, 2.05) is 36.2 Å². The van der Waals surface area contributed by atoms with Gasteiger partial charge in [-0.2, -0.15) is 0 Å².